The fourth-order valence-electron chi connectivity index (χ4n) is 0.383. The molecule has 38 valence electrons. The van der Waals surface area contributed by atoms with Crippen LogP contribution in [0, 0.1) is 0 Å². The first-order valence-corrected chi connectivity index (χ1v) is 4.02. The molecular weight excluding hydrogens is 191 g/mol. The summed E-state index contributed by atoms with van der Waals surface area (Å²) in [4.78, 5) is 0. The van der Waals surface area contributed by atoms with Crippen molar-refractivity contribution in [2.75, 3.05) is 20.1 Å². The van der Waals surface area contributed by atoms with Crippen LogP contribution in [0.2, 0.25) is 0 Å². The molecule has 1 N–H and O–H groups in total. The van der Waals surface area contributed by atoms with Crippen LogP contribution in [0.25, 0.3) is 0 Å². The van der Waals surface area contributed by atoms with Crippen molar-refractivity contribution in [3.63, 3.8) is 0 Å². The molecule has 0 spiro atoms. The number of hydrogen-bond acceptors (Lipinski definition) is 2. The van der Waals surface area contributed by atoms with E-state index < -0.39 is 0 Å². The average Bonchev–Trinajstić information content (AvgIpc) is 1.86. The second-order valence-electron chi connectivity index (χ2n) is 1.30. The van der Waals surface area contributed by atoms with Gasteiger partial charge in [0.2, 0.25) is 0 Å². The fourth-order valence-corrected chi connectivity index (χ4v) is 1.93. The van der Waals surface area contributed by atoms with Gasteiger partial charge in [-0.1, -0.05) is 0 Å². The molecule has 0 aromatic carbocycles. The molecule has 0 atom stereocenters. The first-order chi connectivity index (χ1) is 2.89. The summed E-state index contributed by atoms with van der Waals surface area (Å²) in [6.07, 6.45) is 0. The van der Waals surface area contributed by atoms with E-state index in [2.05, 4.69) is 13.7 Å². The fraction of sp³-hybridized carbons (Fsp3) is 1.00. The van der Waals surface area contributed by atoms with Crippen molar-refractivity contribution in [1.82, 2.24) is 6.64 Å². The minimum atomic E-state index is 0.263. The molecule has 0 amide bonds. The zero-order valence-electron chi connectivity index (χ0n) is 3.74. The Hall–Kier alpha value is 0.650. The van der Waals surface area contributed by atoms with Gasteiger partial charge in [0.05, 0.1) is 0 Å². The predicted molar refractivity (Wildman–Crippen MR) is 20.6 cm³/mol. The maximum absolute atomic E-state index is 3.31. The summed E-state index contributed by atoms with van der Waals surface area (Å²) in [6.45, 7) is 2.47. The van der Waals surface area contributed by atoms with Crippen molar-refractivity contribution in [2.24, 2.45) is 0 Å². The summed E-state index contributed by atoms with van der Waals surface area (Å²) in [5.41, 5.74) is 0. The van der Waals surface area contributed by atoms with E-state index >= 15 is 0 Å². The van der Waals surface area contributed by atoms with Crippen LogP contribution in [0.3, 0.4) is 0 Å². The molecule has 0 bridgehead atoms. The molecule has 6 heavy (non-hydrogen) atoms. The van der Waals surface area contributed by atoms with E-state index in [-0.39, 0.29) is 21.8 Å². The Labute approximate surface area is 48.9 Å². The molecule has 0 saturated carbocycles. The number of hydrogen-bond donors (Lipinski definition) is 1. The number of halogens is 1. The molecule has 0 aliphatic carbocycles. The third kappa shape index (κ3) is 1.06. The van der Waals surface area contributed by atoms with E-state index in [1.54, 1.807) is 0 Å². The van der Waals surface area contributed by atoms with E-state index in [1.807, 2.05) is 0 Å². The molecule has 1 aliphatic rings. The Morgan fingerprint density at radius 2 is 2.67 bits per heavy atom. The first-order valence-electron chi connectivity index (χ1n) is 1.98. The van der Waals surface area contributed by atoms with E-state index in [4.69, 9.17) is 0 Å². The van der Waals surface area contributed by atoms with Gasteiger partial charge in [-0.25, -0.2) is 0 Å². The molecule has 1 fully saturated rings. The Balaban J connectivity index is 2.18. The van der Waals surface area contributed by atoms with Crippen molar-refractivity contribution < 1.29 is 21.8 Å². The van der Waals surface area contributed by atoms with E-state index in [0.717, 1.165) is 0 Å². The van der Waals surface area contributed by atoms with Gasteiger partial charge in [0, 0.05) is 0 Å². The summed E-state index contributed by atoms with van der Waals surface area (Å²) >= 11 is 0.263. The van der Waals surface area contributed by atoms with Gasteiger partial charge >= 0.3 is 48.5 Å². The van der Waals surface area contributed by atoms with E-state index in [9.17, 15) is 0 Å². The van der Waals surface area contributed by atoms with Crippen LogP contribution in [0.15, 0.2) is 0 Å². The predicted octanol–water partition coefficient (Wildman–Crippen LogP) is -3.56. The number of rotatable bonds is 0. The van der Waals surface area contributed by atoms with E-state index in [0.29, 0.717) is 0 Å². The molecular formula is C3H8IN2-. The van der Waals surface area contributed by atoms with Gasteiger partial charge in [0.15, 0.2) is 0 Å². The molecule has 2 nitrogen and oxygen atoms in total. The van der Waals surface area contributed by atoms with E-state index in [1.165, 1.54) is 13.1 Å². The van der Waals surface area contributed by atoms with Gasteiger partial charge in [-0.3, -0.25) is 0 Å². The third-order valence-corrected chi connectivity index (χ3v) is 2.90. The third-order valence-electron chi connectivity index (χ3n) is 0.718. The summed E-state index contributed by atoms with van der Waals surface area (Å²) in [6, 6.07) is 0. The first kappa shape index (κ1) is 4.80. The number of nitrogens with zero attached hydrogens (tertiary/aromatic N) is 1. The summed E-state index contributed by atoms with van der Waals surface area (Å²) in [7, 11) is 2.16. The zero-order valence-corrected chi connectivity index (χ0v) is 5.90. The molecule has 0 unspecified atom stereocenters. The van der Waals surface area contributed by atoms with Crippen LogP contribution in [0.1, 0.15) is 0 Å². The number of nitrogens with one attached hydrogen (secondary N) is 1. The van der Waals surface area contributed by atoms with Gasteiger partial charge in [-0.05, 0) is 0 Å². The monoisotopic (exact) mass is 199 g/mol. The summed E-state index contributed by atoms with van der Waals surface area (Å²) in [5, 5.41) is 0. The summed E-state index contributed by atoms with van der Waals surface area (Å²) in [5.74, 6) is 0. The van der Waals surface area contributed by atoms with Crippen LogP contribution >= 0.6 is 0 Å². The number of likely N-dealkylation sites (N-methyl/N-ethyl adjacent to an activating group) is 1. The molecule has 0 aromatic rings. The van der Waals surface area contributed by atoms with Crippen LogP contribution in [0.4, 0.5) is 0 Å². The molecule has 3 heteroatoms. The van der Waals surface area contributed by atoms with Crippen LogP contribution in [0.5, 0.6) is 0 Å². The molecule has 1 saturated heterocycles. The van der Waals surface area contributed by atoms with Crippen molar-refractivity contribution in [1.29, 1.82) is 0 Å². The molecule has 1 rings (SSSR count). The Morgan fingerprint density at radius 1 is 1.83 bits per heavy atom. The topological polar surface area (TPSA) is 15.3 Å². The van der Waals surface area contributed by atoms with Crippen LogP contribution in [-0.4, -0.2) is 23.3 Å². The zero-order chi connectivity index (χ0) is 4.41. The van der Waals surface area contributed by atoms with Gasteiger partial charge in [0.25, 0.3) is 0 Å². The Morgan fingerprint density at radius 3 is 2.83 bits per heavy atom. The quantitative estimate of drug-likeness (QED) is 0.321. The normalized spacial score (nSPS) is 26.8. The van der Waals surface area contributed by atoms with Gasteiger partial charge in [-0.15, -0.1) is 0 Å². The van der Waals surface area contributed by atoms with Crippen LogP contribution in [-0.2, 0) is 0 Å². The van der Waals surface area contributed by atoms with Crippen molar-refractivity contribution in [3.05, 3.63) is 0 Å². The Bertz CT molecular complexity index is 42.1. The van der Waals surface area contributed by atoms with Gasteiger partial charge in [0.1, 0.15) is 0 Å². The molecule has 0 radical (unpaired) electrons. The average molecular weight is 199 g/mol. The second-order valence-corrected chi connectivity index (χ2v) is 4.19. The summed E-state index contributed by atoms with van der Waals surface area (Å²) < 4.78 is 5.67. The van der Waals surface area contributed by atoms with Crippen molar-refractivity contribution in [3.8, 4) is 0 Å². The SMILES string of the molecule is CN1CCN[I-]1. The second kappa shape index (κ2) is 2.09. The molecule has 0 aromatic heterocycles. The van der Waals surface area contributed by atoms with Crippen LogP contribution < -0.4 is 25.3 Å². The maximum atomic E-state index is 3.31. The standard InChI is InChI=1S/C3H8IN2/c1-6-3-2-5-4-6/h5H,2-3H2,1H3/q-1. The molecule has 1 aliphatic heterocycles. The van der Waals surface area contributed by atoms with Gasteiger partial charge < -0.3 is 0 Å². The van der Waals surface area contributed by atoms with Crippen molar-refractivity contribution >= 4 is 0 Å². The minimum absolute atomic E-state index is 0.263. The van der Waals surface area contributed by atoms with Gasteiger partial charge in [-0.2, -0.15) is 0 Å². The van der Waals surface area contributed by atoms with Crippen molar-refractivity contribution in [2.45, 2.75) is 0 Å². The molecule has 1 heterocycles. The Kier molecular flexibility index (Phi) is 1.67.